The molecule has 4 nitrogen and oxygen atoms in total. The number of benzene rings is 2. The summed E-state index contributed by atoms with van der Waals surface area (Å²) in [5.74, 6) is -1.72. The van der Waals surface area contributed by atoms with Gasteiger partial charge in [-0.15, -0.1) is 0 Å². The van der Waals surface area contributed by atoms with Crippen LogP contribution >= 0.6 is 23.2 Å². The van der Waals surface area contributed by atoms with Crippen LogP contribution in [0.4, 0.5) is 10.1 Å². The van der Waals surface area contributed by atoms with Crippen LogP contribution in [-0.4, -0.2) is 18.4 Å². The van der Waals surface area contributed by atoms with Crippen molar-refractivity contribution in [3.05, 3.63) is 87.2 Å². The highest BCUT2D eigenvalue weighted by atomic mass is 35.5. The minimum Gasteiger partial charge on any atom is -0.356 e. The number of anilines is 1. The van der Waals surface area contributed by atoms with Crippen molar-refractivity contribution >= 4 is 40.7 Å². The third-order valence-electron chi connectivity index (χ3n) is 7.36. The van der Waals surface area contributed by atoms with Gasteiger partial charge in [-0.05, 0) is 54.3 Å². The van der Waals surface area contributed by atoms with Crippen LogP contribution in [0.5, 0.6) is 0 Å². The molecule has 3 aliphatic rings. The normalized spacial score (nSPS) is 29.0. The van der Waals surface area contributed by atoms with Crippen LogP contribution in [0.15, 0.2) is 66.0 Å². The summed E-state index contributed by atoms with van der Waals surface area (Å²) < 4.78 is 14.5. The highest BCUT2D eigenvalue weighted by molar-refractivity contribution is 6.31. The molecule has 4 atom stereocenters. The number of amides is 2. The Hall–Kier alpha value is -2.63. The van der Waals surface area contributed by atoms with Crippen molar-refractivity contribution in [2.45, 2.75) is 31.1 Å². The summed E-state index contributed by atoms with van der Waals surface area (Å²) in [6.07, 6.45) is 3.54. The highest BCUT2D eigenvalue weighted by Gasteiger charge is 2.60. The third kappa shape index (κ3) is 3.58. The fourth-order valence-electron chi connectivity index (χ4n) is 5.91. The molecule has 2 N–H and O–H groups in total. The lowest BCUT2D eigenvalue weighted by atomic mass is 9.56. The van der Waals surface area contributed by atoms with Gasteiger partial charge in [-0.2, -0.15) is 0 Å². The Labute approximate surface area is 201 Å². The summed E-state index contributed by atoms with van der Waals surface area (Å²) in [6.45, 7) is 2.21. The molecular weight excluding hydrogens is 462 g/mol. The van der Waals surface area contributed by atoms with Crippen molar-refractivity contribution in [2.75, 3.05) is 11.9 Å². The Morgan fingerprint density at radius 1 is 1.03 bits per heavy atom. The predicted molar refractivity (Wildman–Crippen MR) is 128 cm³/mol. The molecule has 170 valence electrons. The summed E-state index contributed by atoms with van der Waals surface area (Å²) in [6, 6.07) is 12.7. The number of hydrogen-bond acceptors (Lipinski definition) is 2. The van der Waals surface area contributed by atoms with Gasteiger partial charge >= 0.3 is 0 Å². The van der Waals surface area contributed by atoms with Crippen LogP contribution in [0.1, 0.15) is 36.8 Å². The van der Waals surface area contributed by atoms with Crippen molar-refractivity contribution in [1.82, 2.24) is 5.32 Å². The average Bonchev–Trinajstić information content (AvgIpc) is 2.95. The molecule has 2 amide bonds. The second-order valence-electron chi connectivity index (χ2n) is 9.07. The van der Waals surface area contributed by atoms with Gasteiger partial charge in [0.2, 0.25) is 11.8 Å². The first kappa shape index (κ1) is 22.2. The number of rotatable bonds is 2. The standard InChI is InChI=1S/C26H23Cl2FN2O2/c1-14-5-7-18(29)11-19(14)22-13-30-24(32)12-21(15-3-2-4-16(27)9-15)26(22)20-8-6-17(28)10-23(20)31-25(26)33/h2-10,19,21-22H,11-13H2,1H3,(H,30,32)(H,31,33)/t19?,21-,22+,26-/m0/s1. The van der Waals surface area contributed by atoms with Gasteiger partial charge in [0, 0.05) is 47.0 Å². The van der Waals surface area contributed by atoms with E-state index in [0.717, 1.165) is 16.7 Å². The van der Waals surface area contributed by atoms with E-state index >= 15 is 0 Å². The first-order valence-corrected chi connectivity index (χ1v) is 11.7. The van der Waals surface area contributed by atoms with E-state index in [2.05, 4.69) is 10.6 Å². The minimum atomic E-state index is -1.11. The van der Waals surface area contributed by atoms with Gasteiger partial charge in [-0.25, -0.2) is 4.39 Å². The van der Waals surface area contributed by atoms with Gasteiger partial charge in [0.15, 0.2) is 0 Å². The van der Waals surface area contributed by atoms with Crippen LogP contribution in [0, 0.1) is 11.8 Å². The van der Waals surface area contributed by atoms with Gasteiger partial charge in [0.05, 0.1) is 5.41 Å². The van der Waals surface area contributed by atoms with Crippen LogP contribution in [0.25, 0.3) is 0 Å². The Morgan fingerprint density at radius 3 is 2.61 bits per heavy atom. The number of carbonyl (C=O) groups is 2. The quantitative estimate of drug-likeness (QED) is 0.555. The van der Waals surface area contributed by atoms with Crippen LogP contribution in [0.3, 0.4) is 0 Å². The van der Waals surface area contributed by atoms with E-state index < -0.39 is 11.3 Å². The second-order valence-corrected chi connectivity index (χ2v) is 9.94. The maximum Gasteiger partial charge on any atom is 0.236 e. The lowest BCUT2D eigenvalue weighted by molar-refractivity contribution is -0.124. The van der Waals surface area contributed by atoms with Crippen LogP contribution < -0.4 is 10.6 Å². The van der Waals surface area contributed by atoms with Gasteiger partial charge in [-0.3, -0.25) is 9.59 Å². The average molecular weight is 485 g/mol. The SMILES string of the molecule is CC1=CC=C(F)CC1[C@H]1CNC(=O)C[C@@H](c2cccc(Cl)c2)[C@]12C(=O)Nc1cc(Cl)ccc12. The fourth-order valence-corrected chi connectivity index (χ4v) is 6.28. The van der Waals surface area contributed by atoms with E-state index in [-0.39, 0.29) is 48.9 Å². The topological polar surface area (TPSA) is 58.2 Å². The molecule has 5 rings (SSSR count). The molecule has 0 saturated carbocycles. The predicted octanol–water partition coefficient (Wildman–Crippen LogP) is 5.92. The zero-order chi connectivity index (χ0) is 23.3. The summed E-state index contributed by atoms with van der Waals surface area (Å²) >= 11 is 12.6. The van der Waals surface area contributed by atoms with Crippen molar-refractivity contribution in [3.63, 3.8) is 0 Å². The summed E-state index contributed by atoms with van der Waals surface area (Å²) in [4.78, 5) is 27.0. The fraction of sp³-hybridized carbons (Fsp3) is 0.308. The molecule has 2 aromatic rings. The Kier molecular flexibility index (Phi) is 5.58. The molecule has 1 spiro atoms. The molecule has 0 bridgehead atoms. The third-order valence-corrected chi connectivity index (χ3v) is 7.83. The molecule has 2 aromatic carbocycles. The number of fused-ring (bicyclic) bond motifs is 2. The maximum absolute atomic E-state index is 14.5. The summed E-state index contributed by atoms with van der Waals surface area (Å²) in [7, 11) is 0. The molecule has 33 heavy (non-hydrogen) atoms. The Bertz CT molecular complexity index is 1220. The number of carbonyl (C=O) groups excluding carboxylic acids is 2. The first-order chi connectivity index (χ1) is 15.8. The van der Waals surface area contributed by atoms with E-state index in [1.165, 1.54) is 6.08 Å². The molecular formula is C26H23Cl2FN2O2. The van der Waals surface area contributed by atoms with Gasteiger partial charge in [0.25, 0.3) is 0 Å². The number of nitrogens with one attached hydrogen (secondary N) is 2. The Morgan fingerprint density at radius 2 is 1.82 bits per heavy atom. The molecule has 0 aromatic heterocycles. The zero-order valence-corrected chi connectivity index (χ0v) is 19.5. The van der Waals surface area contributed by atoms with Gasteiger partial charge in [-0.1, -0.05) is 53.1 Å². The molecule has 0 radical (unpaired) electrons. The van der Waals surface area contributed by atoms with Crippen molar-refractivity contribution in [2.24, 2.45) is 11.8 Å². The largest absolute Gasteiger partial charge is 0.356 e. The molecule has 7 heteroatoms. The zero-order valence-electron chi connectivity index (χ0n) is 18.0. The smallest absolute Gasteiger partial charge is 0.236 e. The van der Waals surface area contributed by atoms with E-state index in [9.17, 15) is 14.0 Å². The lowest BCUT2D eigenvalue weighted by Gasteiger charge is -2.44. The van der Waals surface area contributed by atoms with Crippen molar-refractivity contribution in [1.29, 1.82) is 0 Å². The van der Waals surface area contributed by atoms with Crippen LogP contribution in [0.2, 0.25) is 10.0 Å². The lowest BCUT2D eigenvalue weighted by Crippen LogP contribution is -2.51. The number of hydrogen-bond donors (Lipinski definition) is 2. The number of halogens is 3. The molecule has 2 heterocycles. The molecule has 1 saturated heterocycles. The molecule has 1 unspecified atom stereocenters. The highest BCUT2D eigenvalue weighted by Crippen LogP contribution is 2.57. The monoisotopic (exact) mass is 484 g/mol. The van der Waals surface area contributed by atoms with Gasteiger partial charge < -0.3 is 10.6 Å². The van der Waals surface area contributed by atoms with Crippen molar-refractivity contribution < 1.29 is 14.0 Å². The van der Waals surface area contributed by atoms with Gasteiger partial charge in [0.1, 0.15) is 5.83 Å². The maximum atomic E-state index is 14.5. The van der Waals surface area contributed by atoms with Crippen LogP contribution in [-0.2, 0) is 15.0 Å². The Balaban J connectivity index is 1.79. The minimum absolute atomic E-state index is 0.111. The van der Waals surface area contributed by atoms with E-state index in [1.54, 1.807) is 24.3 Å². The summed E-state index contributed by atoms with van der Waals surface area (Å²) in [5.41, 5.74) is 2.09. The van der Waals surface area contributed by atoms with E-state index in [4.69, 9.17) is 23.2 Å². The first-order valence-electron chi connectivity index (χ1n) is 11.0. The molecule has 1 fully saturated rings. The summed E-state index contributed by atoms with van der Waals surface area (Å²) in [5, 5.41) is 7.07. The van der Waals surface area contributed by atoms with E-state index in [0.29, 0.717) is 15.7 Å². The second kappa shape index (κ2) is 8.30. The molecule has 1 aliphatic carbocycles. The van der Waals surface area contributed by atoms with Crippen molar-refractivity contribution in [3.8, 4) is 0 Å². The van der Waals surface area contributed by atoms with E-state index in [1.807, 2.05) is 31.2 Å². The molecule has 2 aliphatic heterocycles. The number of allylic oxidation sites excluding steroid dienone is 4.